The number of primary amides is 1. The molecule has 6 nitrogen and oxygen atoms in total. The van der Waals surface area contributed by atoms with Crippen LogP contribution in [0.2, 0.25) is 0 Å². The molecule has 116 valence electrons. The predicted octanol–water partition coefficient (Wildman–Crippen LogP) is 0.548. The van der Waals surface area contributed by atoms with Gasteiger partial charge < -0.3 is 11.1 Å². The number of carbonyl (C=O) groups excluding carboxylic acids is 1. The van der Waals surface area contributed by atoms with Crippen molar-refractivity contribution in [2.24, 2.45) is 5.73 Å². The number of sulfonamides is 1. The van der Waals surface area contributed by atoms with Gasteiger partial charge in [0, 0.05) is 24.7 Å². The van der Waals surface area contributed by atoms with Crippen LogP contribution in [0.5, 0.6) is 0 Å². The number of amides is 1. The van der Waals surface area contributed by atoms with Crippen molar-refractivity contribution in [1.29, 1.82) is 0 Å². The number of nitrogens with two attached hydrogens (primary N) is 1. The molecule has 7 heteroatoms. The molecule has 1 heterocycles. The predicted molar refractivity (Wildman–Crippen MR) is 80.4 cm³/mol. The van der Waals surface area contributed by atoms with Crippen molar-refractivity contribution in [1.82, 2.24) is 9.62 Å². The van der Waals surface area contributed by atoms with Crippen LogP contribution in [0.25, 0.3) is 0 Å². The van der Waals surface area contributed by atoms with Crippen LogP contribution in [0.15, 0.2) is 29.2 Å². The number of nitrogens with zero attached hydrogens (tertiary/aromatic N) is 1. The van der Waals surface area contributed by atoms with Crippen molar-refractivity contribution in [2.45, 2.75) is 30.2 Å². The van der Waals surface area contributed by atoms with Gasteiger partial charge in [-0.2, -0.15) is 4.31 Å². The van der Waals surface area contributed by atoms with Crippen LogP contribution in [0, 0.1) is 0 Å². The van der Waals surface area contributed by atoms with Gasteiger partial charge in [0.15, 0.2) is 0 Å². The van der Waals surface area contributed by atoms with Crippen molar-refractivity contribution in [3.8, 4) is 0 Å². The molecule has 1 saturated heterocycles. The van der Waals surface area contributed by atoms with Crippen molar-refractivity contribution in [3.05, 3.63) is 29.8 Å². The molecule has 0 bridgehead atoms. The Bertz CT molecular complexity index is 596. The van der Waals surface area contributed by atoms with E-state index in [0.717, 1.165) is 19.3 Å². The molecule has 1 fully saturated rings. The number of hydrogen-bond acceptors (Lipinski definition) is 4. The van der Waals surface area contributed by atoms with Crippen molar-refractivity contribution in [2.75, 3.05) is 20.1 Å². The Morgan fingerprint density at radius 2 is 2.00 bits per heavy atom. The molecule has 0 saturated carbocycles. The molecule has 1 unspecified atom stereocenters. The number of nitrogens with one attached hydrogen (secondary N) is 1. The lowest BCUT2D eigenvalue weighted by molar-refractivity contribution is 0.1000. The Balaban J connectivity index is 2.28. The molecular weight excluding hydrogens is 290 g/mol. The smallest absolute Gasteiger partial charge is 0.248 e. The Kier molecular flexibility index (Phi) is 4.97. The van der Waals surface area contributed by atoms with Gasteiger partial charge in [-0.05, 0) is 44.2 Å². The molecule has 3 N–H and O–H groups in total. The highest BCUT2D eigenvalue weighted by Crippen LogP contribution is 2.25. The average Bonchev–Trinajstić information content (AvgIpc) is 2.48. The van der Waals surface area contributed by atoms with Gasteiger partial charge in [0.1, 0.15) is 0 Å². The van der Waals surface area contributed by atoms with Gasteiger partial charge in [0.2, 0.25) is 15.9 Å². The number of likely N-dealkylation sites (N-methyl/N-ethyl adjacent to an activating group) is 1. The lowest BCUT2D eigenvalue weighted by Gasteiger charge is -2.34. The van der Waals surface area contributed by atoms with Crippen LogP contribution in [-0.2, 0) is 10.0 Å². The summed E-state index contributed by atoms with van der Waals surface area (Å²) in [5.41, 5.74) is 5.48. The van der Waals surface area contributed by atoms with Crippen molar-refractivity contribution >= 4 is 15.9 Å². The van der Waals surface area contributed by atoms with E-state index in [4.69, 9.17) is 5.73 Å². The fourth-order valence-electron chi connectivity index (χ4n) is 2.66. The third-order valence-corrected chi connectivity index (χ3v) is 5.72. The first-order valence-electron chi connectivity index (χ1n) is 7.03. The van der Waals surface area contributed by atoms with Crippen LogP contribution in [0.4, 0.5) is 0 Å². The van der Waals surface area contributed by atoms with Crippen molar-refractivity contribution < 1.29 is 13.2 Å². The van der Waals surface area contributed by atoms with Gasteiger partial charge in [0.05, 0.1) is 4.90 Å². The minimum Gasteiger partial charge on any atom is -0.366 e. The monoisotopic (exact) mass is 311 g/mol. The van der Waals surface area contributed by atoms with Crippen LogP contribution in [0.3, 0.4) is 0 Å². The van der Waals surface area contributed by atoms with E-state index in [1.54, 1.807) is 4.31 Å². The first-order valence-corrected chi connectivity index (χ1v) is 8.47. The van der Waals surface area contributed by atoms with E-state index in [1.807, 2.05) is 7.05 Å². The molecule has 0 radical (unpaired) electrons. The van der Waals surface area contributed by atoms with Crippen LogP contribution < -0.4 is 11.1 Å². The molecule has 0 spiro atoms. The maximum Gasteiger partial charge on any atom is 0.248 e. The molecule has 1 aliphatic rings. The minimum absolute atomic E-state index is 0.0235. The second-order valence-corrected chi connectivity index (χ2v) is 7.10. The maximum atomic E-state index is 12.7. The van der Waals surface area contributed by atoms with E-state index in [9.17, 15) is 13.2 Å². The van der Waals surface area contributed by atoms with E-state index >= 15 is 0 Å². The standard InChI is InChI=1S/C14H21N3O3S/c1-16-10-12-4-2-3-9-17(12)21(19,20)13-7-5-11(6-8-13)14(15)18/h5-8,12,16H,2-4,9-10H2,1H3,(H2,15,18). The maximum absolute atomic E-state index is 12.7. The highest BCUT2D eigenvalue weighted by atomic mass is 32.2. The normalized spacial score (nSPS) is 20.3. The van der Waals surface area contributed by atoms with Gasteiger partial charge in [-0.1, -0.05) is 6.42 Å². The lowest BCUT2D eigenvalue weighted by atomic mass is 10.1. The van der Waals surface area contributed by atoms with Crippen LogP contribution in [-0.4, -0.2) is 44.8 Å². The number of hydrogen-bond donors (Lipinski definition) is 2. The Labute approximate surface area is 125 Å². The summed E-state index contributed by atoms with van der Waals surface area (Å²) in [5.74, 6) is -0.565. The SMILES string of the molecule is CNCC1CCCCN1S(=O)(=O)c1ccc(C(N)=O)cc1. The quantitative estimate of drug-likeness (QED) is 0.830. The van der Waals surface area contributed by atoms with Gasteiger partial charge in [-0.25, -0.2) is 8.42 Å². The molecule has 0 aromatic heterocycles. The second kappa shape index (κ2) is 6.55. The molecule has 1 amide bonds. The van der Waals surface area contributed by atoms with E-state index in [2.05, 4.69) is 5.32 Å². The summed E-state index contributed by atoms with van der Waals surface area (Å²) in [7, 11) is -1.71. The molecule has 1 aromatic rings. The van der Waals surface area contributed by atoms with E-state index in [-0.39, 0.29) is 10.9 Å². The summed E-state index contributed by atoms with van der Waals surface area (Å²) < 4.78 is 27.0. The largest absolute Gasteiger partial charge is 0.366 e. The third kappa shape index (κ3) is 3.42. The molecule has 2 rings (SSSR count). The lowest BCUT2D eigenvalue weighted by Crippen LogP contribution is -2.47. The highest BCUT2D eigenvalue weighted by molar-refractivity contribution is 7.89. The summed E-state index contributed by atoms with van der Waals surface area (Å²) in [6.45, 7) is 1.17. The summed E-state index contributed by atoms with van der Waals surface area (Å²) in [4.78, 5) is 11.3. The Morgan fingerprint density at radius 1 is 1.33 bits per heavy atom. The zero-order chi connectivity index (χ0) is 15.5. The third-order valence-electron chi connectivity index (χ3n) is 3.76. The highest BCUT2D eigenvalue weighted by Gasteiger charge is 2.32. The molecular formula is C14H21N3O3S. The van der Waals surface area contributed by atoms with Crippen LogP contribution >= 0.6 is 0 Å². The first-order chi connectivity index (χ1) is 9.96. The Morgan fingerprint density at radius 3 is 2.57 bits per heavy atom. The fourth-order valence-corrected chi connectivity index (χ4v) is 4.35. The van der Waals surface area contributed by atoms with Gasteiger partial charge in [-0.3, -0.25) is 4.79 Å². The van der Waals surface area contributed by atoms with E-state index in [0.29, 0.717) is 18.7 Å². The zero-order valence-electron chi connectivity index (χ0n) is 12.1. The summed E-state index contributed by atoms with van der Waals surface area (Å²) in [6, 6.07) is 5.77. The fraction of sp³-hybridized carbons (Fsp3) is 0.500. The van der Waals surface area contributed by atoms with Crippen LogP contribution in [0.1, 0.15) is 29.6 Å². The average molecular weight is 311 g/mol. The molecule has 1 aromatic carbocycles. The van der Waals surface area contributed by atoms with E-state index in [1.165, 1.54) is 24.3 Å². The Hall–Kier alpha value is -1.44. The van der Waals surface area contributed by atoms with Crippen molar-refractivity contribution in [3.63, 3.8) is 0 Å². The molecule has 1 atom stereocenters. The summed E-state index contributed by atoms with van der Waals surface area (Å²) in [5, 5.41) is 3.05. The number of rotatable bonds is 5. The number of benzene rings is 1. The zero-order valence-corrected chi connectivity index (χ0v) is 12.9. The second-order valence-electron chi connectivity index (χ2n) is 5.21. The summed E-state index contributed by atoms with van der Waals surface area (Å²) in [6.07, 6.45) is 2.78. The number of carbonyl (C=O) groups is 1. The van der Waals surface area contributed by atoms with E-state index < -0.39 is 15.9 Å². The molecule has 1 aliphatic heterocycles. The van der Waals surface area contributed by atoms with Gasteiger partial charge >= 0.3 is 0 Å². The molecule has 21 heavy (non-hydrogen) atoms. The minimum atomic E-state index is -3.53. The summed E-state index contributed by atoms with van der Waals surface area (Å²) >= 11 is 0. The first kappa shape index (κ1) is 15.9. The van der Waals surface area contributed by atoms with Gasteiger partial charge in [-0.15, -0.1) is 0 Å². The van der Waals surface area contributed by atoms with Gasteiger partial charge in [0.25, 0.3) is 0 Å². The molecule has 0 aliphatic carbocycles. The number of piperidine rings is 1. The topological polar surface area (TPSA) is 92.5 Å².